The van der Waals surface area contributed by atoms with Crippen LogP contribution in [0, 0.1) is 0 Å². The number of nitrogens with one attached hydrogen (secondary N) is 2. The van der Waals surface area contributed by atoms with Gasteiger partial charge in [-0.05, 0) is 24.0 Å². The van der Waals surface area contributed by atoms with E-state index in [0.717, 1.165) is 35.2 Å². The van der Waals surface area contributed by atoms with E-state index in [4.69, 9.17) is 0 Å². The number of hydrogen-bond donors (Lipinski definition) is 2. The summed E-state index contributed by atoms with van der Waals surface area (Å²) in [6.45, 7) is 0. The highest BCUT2D eigenvalue weighted by atomic mass is 16.2. The lowest BCUT2D eigenvalue weighted by Crippen LogP contribution is -2.20. The van der Waals surface area contributed by atoms with E-state index in [0.29, 0.717) is 5.69 Å². The van der Waals surface area contributed by atoms with Gasteiger partial charge in [-0.3, -0.25) is 9.89 Å². The van der Waals surface area contributed by atoms with Gasteiger partial charge in [0.25, 0.3) is 5.91 Å². The summed E-state index contributed by atoms with van der Waals surface area (Å²) in [5, 5.41) is 11.2. The summed E-state index contributed by atoms with van der Waals surface area (Å²) in [5.74, 6) is -0.268. The van der Waals surface area contributed by atoms with Crippen LogP contribution in [0.1, 0.15) is 27.2 Å². The molecule has 0 unspecified atom stereocenters. The minimum Gasteiger partial charge on any atom is -0.272 e. The van der Waals surface area contributed by atoms with Crippen molar-refractivity contribution in [3.63, 3.8) is 0 Å². The SMILES string of the molecule is O=C(NN=Cc1ccccc1)c1[nH]nc2c1CCc1ccccc1-2. The van der Waals surface area contributed by atoms with Crippen LogP contribution in [0.25, 0.3) is 11.3 Å². The molecule has 0 radical (unpaired) electrons. The molecule has 3 aromatic rings. The number of H-pyrrole nitrogens is 1. The fourth-order valence-electron chi connectivity index (χ4n) is 3.01. The van der Waals surface area contributed by atoms with E-state index < -0.39 is 0 Å². The molecular weight excluding hydrogens is 300 g/mol. The largest absolute Gasteiger partial charge is 0.289 e. The Morgan fingerprint density at radius 2 is 1.88 bits per heavy atom. The molecule has 1 aliphatic carbocycles. The zero-order valence-electron chi connectivity index (χ0n) is 13.0. The lowest BCUT2D eigenvalue weighted by atomic mass is 9.89. The number of aromatic amines is 1. The third kappa shape index (κ3) is 2.60. The molecule has 0 saturated carbocycles. The number of carbonyl (C=O) groups is 1. The molecule has 4 rings (SSSR count). The summed E-state index contributed by atoms with van der Waals surface area (Å²) in [6, 6.07) is 17.8. The second kappa shape index (κ2) is 6.12. The number of carbonyl (C=O) groups excluding carboxylic acids is 1. The predicted molar refractivity (Wildman–Crippen MR) is 92.9 cm³/mol. The molecule has 24 heavy (non-hydrogen) atoms. The second-order valence-corrected chi connectivity index (χ2v) is 5.69. The van der Waals surface area contributed by atoms with E-state index in [1.807, 2.05) is 48.5 Å². The zero-order chi connectivity index (χ0) is 16.4. The van der Waals surface area contributed by atoms with Crippen molar-refractivity contribution in [1.29, 1.82) is 0 Å². The third-order valence-corrected chi connectivity index (χ3v) is 4.19. The molecule has 0 saturated heterocycles. The van der Waals surface area contributed by atoms with Crippen molar-refractivity contribution >= 4 is 12.1 Å². The molecule has 0 spiro atoms. The molecule has 2 aromatic carbocycles. The topological polar surface area (TPSA) is 70.1 Å². The van der Waals surface area contributed by atoms with E-state index in [-0.39, 0.29) is 5.91 Å². The highest BCUT2D eigenvalue weighted by Crippen LogP contribution is 2.33. The van der Waals surface area contributed by atoms with E-state index in [1.54, 1.807) is 6.21 Å². The average Bonchev–Trinajstić information content (AvgIpc) is 3.07. The molecule has 118 valence electrons. The van der Waals surface area contributed by atoms with Gasteiger partial charge in [-0.2, -0.15) is 10.2 Å². The highest BCUT2D eigenvalue weighted by molar-refractivity contribution is 5.96. The van der Waals surface area contributed by atoms with Crippen LogP contribution in [0.4, 0.5) is 0 Å². The Bertz CT molecular complexity index is 912. The minimum absolute atomic E-state index is 0.268. The first-order chi connectivity index (χ1) is 11.8. The number of aromatic nitrogens is 2. The van der Waals surface area contributed by atoms with Gasteiger partial charge in [-0.1, -0.05) is 54.6 Å². The van der Waals surface area contributed by atoms with Gasteiger partial charge in [0.2, 0.25) is 0 Å². The molecular formula is C19H16N4O. The van der Waals surface area contributed by atoms with E-state index >= 15 is 0 Å². The Morgan fingerprint density at radius 3 is 2.75 bits per heavy atom. The van der Waals surface area contributed by atoms with E-state index in [1.165, 1.54) is 5.56 Å². The summed E-state index contributed by atoms with van der Waals surface area (Å²) in [6.07, 6.45) is 3.33. The molecule has 0 atom stereocenters. The van der Waals surface area contributed by atoms with Crippen molar-refractivity contribution in [2.75, 3.05) is 0 Å². The fraction of sp³-hybridized carbons (Fsp3) is 0.105. The van der Waals surface area contributed by atoms with Crippen LogP contribution in [-0.2, 0) is 12.8 Å². The summed E-state index contributed by atoms with van der Waals surface area (Å²) >= 11 is 0. The number of rotatable bonds is 3. The first-order valence-corrected chi connectivity index (χ1v) is 7.87. The lowest BCUT2D eigenvalue weighted by Gasteiger charge is -2.15. The number of benzene rings is 2. The van der Waals surface area contributed by atoms with Crippen molar-refractivity contribution in [3.05, 3.63) is 77.0 Å². The summed E-state index contributed by atoms with van der Waals surface area (Å²) in [7, 11) is 0. The van der Waals surface area contributed by atoms with Gasteiger partial charge in [-0.15, -0.1) is 0 Å². The van der Waals surface area contributed by atoms with Gasteiger partial charge < -0.3 is 0 Å². The minimum atomic E-state index is -0.268. The van der Waals surface area contributed by atoms with Crippen LogP contribution >= 0.6 is 0 Å². The van der Waals surface area contributed by atoms with Gasteiger partial charge in [0, 0.05) is 11.1 Å². The molecule has 1 amide bonds. The van der Waals surface area contributed by atoms with Gasteiger partial charge in [0.15, 0.2) is 0 Å². The van der Waals surface area contributed by atoms with Crippen molar-refractivity contribution < 1.29 is 4.79 Å². The molecule has 0 aliphatic heterocycles. The van der Waals surface area contributed by atoms with Gasteiger partial charge in [0.1, 0.15) is 5.69 Å². The fourth-order valence-corrected chi connectivity index (χ4v) is 3.01. The molecule has 2 N–H and O–H groups in total. The Labute approximate surface area is 139 Å². The van der Waals surface area contributed by atoms with Crippen LogP contribution in [-0.4, -0.2) is 22.3 Å². The summed E-state index contributed by atoms with van der Waals surface area (Å²) < 4.78 is 0. The molecule has 5 heteroatoms. The maximum absolute atomic E-state index is 12.4. The molecule has 1 aliphatic rings. The van der Waals surface area contributed by atoms with E-state index in [2.05, 4.69) is 26.8 Å². The molecule has 0 fully saturated rings. The number of nitrogens with zero attached hydrogens (tertiary/aromatic N) is 2. The number of amides is 1. The second-order valence-electron chi connectivity index (χ2n) is 5.69. The number of hydrazone groups is 1. The number of hydrogen-bond acceptors (Lipinski definition) is 3. The van der Waals surface area contributed by atoms with Crippen molar-refractivity contribution in [3.8, 4) is 11.3 Å². The van der Waals surface area contributed by atoms with Gasteiger partial charge >= 0.3 is 0 Å². The Balaban J connectivity index is 1.55. The van der Waals surface area contributed by atoms with Crippen LogP contribution in [0.3, 0.4) is 0 Å². The standard InChI is InChI=1S/C19H16N4O/c24-19(23-20-12-13-6-2-1-3-7-13)18-16-11-10-14-8-4-5-9-15(14)17(16)21-22-18/h1-9,12H,10-11H2,(H,21,22)(H,23,24). The third-order valence-electron chi connectivity index (χ3n) is 4.19. The van der Waals surface area contributed by atoms with Gasteiger partial charge in [-0.25, -0.2) is 5.43 Å². The maximum Gasteiger partial charge on any atom is 0.289 e. The average molecular weight is 316 g/mol. The highest BCUT2D eigenvalue weighted by Gasteiger charge is 2.24. The Kier molecular flexibility index (Phi) is 3.67. The Morgan fingerprint density at radius 1 is 1.08 bits per heavy atom. The molecule has 5 nitrogen and oxygen atoms in total. The monoisotopic (exact) mass is 316 g/mol. The van der Waals surface area contributed by atoms with Crippen LogP contribution in [0.5, 0.6) is 0 Å². The lowest BCUT2D eigenvalue weighted by molar-refractivity contribution is 0.0949. The summed E-state index contributed by atoms with van der Waals surface area (Å²) in [4.78, 5) is 12.4. The van der Waals surface area contributed by atoms with Crippen LogP contribution < -0.4 is 5.43 Å². The van der Waals surface area contributed by atoms with Crippen LogP contribution in [0.2, 0.25) is 0 Å². The van der Waals surface area contributed by atoms with Crippen molar-refractivity contribution in [2.45, 2.75) is 12.8 Å². The first-order valence-electron chi connectivity index (χ1n) is 7.87. The van der Waals surface area contributed by atoms with Crippen molar-refractivity contribution in [2.24, 2.45) is 5.10 Å². The normalized spacial score (nSPS) is 12.7. The first kappa shape index (κ1) is 14.4. The quantitative estimate of drug-likeness (QED) is 0.576. The van der Waals surface area contributed by atoms with Gasteiger partial charge in [0.05, 0.1) is 11.9 Å². The number of fused-ring (bicyclic) bond motifs is 3. The predicted octanol–water partition coefficient (Wildman–Crippen LogP) is 2.94. The maximum atomic E-state index is 12.4. The molecule has 0 bridgehead atoms. The van der Waals surface area contributed by atoms with E-state index in [9.17, 15) is 4.79 Å². The Hall–Kier alpha value is -3.21. The number of aryl methyl sites for hydroxylation is 1. The molecule has 1 heterocycles. The smallest absolute Gasteiger partial charge is 0.272 e. The molecule has 1 aromatic heterocycles. The van der Waals surface area contributed by atoms with Crippen LogP contribution in [0.15, 0.2) is 59.7 Å². The summed E-state index contributed by atoms with van der Waals surface area (Å²) in [5.41, 5.74) is 8.18. The zero-order valence-corrected chi connectivity index (χ0v) is 13.0. The van der Waals surface area contributed by atoms with Crippen molar-refractivity contribution in [1.82, 2.24) is 15.6 Å².